The number of carboxylic acid groups (broad SMARTS) is 2. The number of nitrogens with one attached hydrogen (secondary N) is 8. The number of pyridine rings is 2. The molecular formula is C83H107N11O21. The molecule has 32 heteroatoms. The van der Waals surface area contributed by atoms with Crippen LogP contribution in [0.25, 0.3) is 22.3 Å². The lowest BCUT2D eigenvalue weighted by molar-refractivity contribution is -0.197. The maximum atomic E-state index is 13.7. The average Bonchev–Trinajstić information content (AvgIpc) is 1.46. The van der Waals surface area contributed by atoms with Crippen LogP contribution in [0.5, 0.6) is 0 Å². The molecule has 0 bridgehead atoms. The maximum Gasteiger partial charge on any atom is 0.354 e. The van der Waals surface area contributed by atoms with Gasteiger partial charge in [0.15, 0.2) is 5.78 Å². The second-order valence-corrected chi connectivity index (χ2v) is 28.1. The molecule has 2 unspecified atom stereocenters. The van der Waals surface area contributed by atoms with Crippen molar-refractivity contribution in [2.45, 2.75) is 212 Å². The molecule has 32 nitrogen and oxygen atoms in total. The third-order valence-corrected chi connectivity index (χ3v) is 18.7. The minimum Gasteiger partial charge on any atom is -0.477 e. The molecule has 620 valence electrons. The molecular weight excluding hydrogens is 1490 g/mol. The number of rotatable bonds is 59. The smallest absolute Gasteiger partial charge is 0.354 e. The topological polar surface area (TPSA) is 482 Å². The van der Waals surface area contributed by atoms with Crippen LogP contribution in [0.15, 0.2) is 97.3 Å². The Balaban J connectivity index is 0.911. The fourth-order valence-electron chi connectivity index (χ4n) is 12.2. The predicted molar refractivity (Wildman–Crippen MR) is 419 cm³/mol. The number of Topliss-reactive ketones (excluding diaryl/α,β-unsaturated/α-hetero) is 5. The summed E-state index contributed by atoms with van der Waals surface area (Å²) in [6.45, 7) is 5.98. The fraction of sp³-hybridized carbons (Fsp3) is 0.494. The Labute approximate surface area is 667 Å². The molecule has 10 N–H and O–H groups in total. The van der Waals surface area contributed by atoms with Gasteiger partial charge in [-0.1, -0.05) is 67.1 Å². The Hall–Kier alpha value is -11.9. The van der Waals surface area contributed by atoms with Crippen molar-refractivity contribution in [3.63, 3.8) is 0 Å². The van der Waals surface area contributed by atoms with Crippen LogP contribution < -0.4 is 42.5 Å². The number of aromatic nitrogens is 2. The molecule has 1 aliphatic rings. The lowest BCUT2D eigenvalue weighted by atomic mass is 9.91. The zero-order valence-electron chi connectivity index (χ0n) is 65.3. The number of hydrogen-bond donors (Lipinski definition) is 10. The van der Waals surface area contributed by atoms with Gasteiger partial charge in [-0.05, 0) is 124 Å². The Morgan fingerprint density at radius 2 is 0.817 bits per heavy atom. The number of carboxylic acids is 2. The van der Waals surface area contributed by atoms with Crippen molar-refractivity contribution in [3.05, 3.63) is 120 Å². The van der Waals surface area contributed by atoms with Gasteiger partial charge in [0.2, 0.25) is 41.4 Å². The summed E-state index contributed by atoms with van der Waals surface area (Å²) in [5, 5.41) is 40.2. The largest absolute Gasteiger partial charge is 0.477 e. The number of hydrogen-bond acceptors (Lipinski definition) is 21. The van der Waals surface area contributed by atoms with Gasteiger partial charge >= 0.3 is 17.9 Å². The Morgan fingerprint density at radius 1 is 0.426 bits per heavy atom. The van der Waals surface area contributed by atoms with Crippen LogP contribution in [-0.2, 0) is 83.2 Å². The van der Waals surface area contributed by atoms with E-state index in [-0.39, 0.29) is 212 Å². The second-order valence-electron chi connectivity index (χ2n) is 28.1. The number of aryl methyl sites for hydroxylation is 1. The van der Waals surface area contributed by atoms with E-state index in [4.69, 9.17) is 15.1 Å². The lowest BCUT2D eigenvalue weighted by Gasteiger charge is -2.18. The van der Waals surface area contributed by atoms with E-state index in [2.05, 4.69) is 59.1 Å². The molecule has 1 fully saturated rings. The highest BCUT2D eigenvalue weighted by molar-refractivity contribution is 6.02. The van der Waals surface area contributed by atoms with Crippen molar-refractivity contribution in [2.75, 3.05) is 45.8 Å². The van der Waals surface area contributed by atoms with Gasteiger partial charge in [-0.25, -0.2) is 24.4 Å². The van der Waals surface area contributed by atoms with Crippen molar-refractivity contribution in [2.24, 2.45) is 5.92 Å². The van der Waals surface area contributed by atoms with Crippen molar-refractivity contribution in [1.82, 2.24) is 57.6 Å². The summed E-state index contributed by atoms with van der Waals surface area (Å²) in [6.07, 6.45) is 9.83. The minimum absolute atomic E-state index is 0.0225. The zero-order chi connectivity index (χ0) is 83.9. The van der Waals surface area contributed by atoms with Gasteiger partial charge in [-0.2, -0.15) is 0 Å². The van der Waals surface area contributed by atoms with Crippen molar-refractivity contribution < 1.29 is 101 Å². The number of hydroxylamine groups is 2. The molecule has 2 aromatic heterocycles. The molecule has 4 aromatic rings. The summed E-state index contributed by atoms with van der Waals surface area (Å²) >= 11 is 0. The van der Waals surface area contributed by atoms with E-state index in [1.807, 2.05) is 24.3 Å². The number of ketones is 5. The SMILES string of the molecule is C=C(CCCC(=O)CCCC(=O)CCCC(=O)CCCC(=O)CCCC(=O)C(CCCCNC(=O)CCc1ccc(-c2ccc(C(=O)O)nc2)cc1)NC(C)=O)CC(CCCCNC(=O)c1ccc(-c2ccc(C(=O)O)nc2)cc1)C(=O)NCCC(=O)NCCC(=O)NCCC(=O)NCCC(=O)NCCC(=O)ON1C(=O)CCC1=O. The highest BCUT2D eigenvalue weighted by Crippen LogP contribution is 2.25. The summed E-state index contributed by atoms with van der Waals surface area (Å²) in [7, 11) is 0. The van der Waals surface area contributed by atoms with Gasteiger partial charge in [-0.3, -0.25) is 71.9 Å². The van der Waals surface area contributed by atoms with Crippen LogP contribution >= 0.6 is 0 Å². The Bertz CT molecular complexity index is 4020. The minimum atomic E-state index is -1.15. The number of amides is 10. The van der Waals surface area contributed by atoms with E-state index >= 15 is 0 Å². The van der Waals surface area contributed by atoms with E-state index in [0.717, 1.165) is 27.8 Å². The second kappa shape index (κ2) is 52.4. The number of benzene rings is 2. The molecule has 3 heterocycles. The number of aromatic carboxylic acids is 2. The van der Waals surface area contributed by atoms with E-state index in [1.54, 1.807) is 36.4 Å². The van der Waals surface area contributed by atoms with Crippen LogP contribution in [0.1, 0.15) is 236 Å². The number of unbranched alkanes of at least 4 members (excludes halogenated alkanes) is 2. The highest BCUT2D eigenvalue weighted by Gasteiger charge is 2.33. The first kappa shape index (κ1) is 93.7. The molecule has 0 aliphatic carbocycles. The quantitative estimate of drug-likeness (QED) is 0.0122. The van der Waals surface area contributed by atoms with Crippen LogP contribution in [0.2, 0.25) is 0 Å². The summed E-state index contributed by atoms with van der Waals surface area (Å²) < 4.78 is 0. The van der Waals surface area contributed by atoms with Gasteiger partial charge in [0.25, 0.3) is 17.7 Å². The van der Waals surface area contributed by atoms with Gasteiger partial charge in [-0.15, -0.1) is 5.06 Å². The molecule has 10 amide bonds. The van der Waals surface area contributed by atoms with Gasteiger partial charge in [0.1, 0.15) is 34.5 Å². The third kappa shape index (κ3) is 39.0. The first-order valence-electron chi connectivity index (χ1n) is 39.2. The monoisotopic (exact) mass is 1590 g/mol. The number of carbonyl (C=O) groups is 18. The third-order valence-electron chi connectivity index (χ3n) is 18.7. The average molecular weight is 1590 g/mol. The van der Waals surface area contributed by atoms with Crippen molar-refractivity contribution >= 4 is 106 Å². The molecule has 0 saturated carbocycles. The van der Waals surface area contributed by atoms with Gasteiger partial charge in [0.05, 0.1) is 12.5 Å². The first-order chi connectivity index (χ1) is 55.1. The maximum absolute atomic E-state index is 13.7. The molecule has 5 rings (SSSR count). The van der Waals surface area contributed by atoms with Gasteiger partial charge in [0, 0.05) is 190 Å². The van der Waals surface area contributed by atoms with Crippen LogP contribution in [-0.4, -0.2) is 183 Å². The van der Waals surface area contributed by atoms with Crippen LogP contribution in [0.3, 0.4) is 0 Å². The van der Waals surface area contributed by atoms with E-state index in [9.17, 15) is 86.3 Å². The molecule has 2 aromatic carbocycles. The van der Waals surface area contributed by atoms with E-state index < -0.39 is 65.3 Å². The van der Waals surface area contributed by atoms with Crippen molar-refractivity contribution in [3.8, 4) is 22.3 Å². The van der Waals surface area contributed by atoms with Crippen molar-refractivity contribution in [1.29, 1.82) is 0 Å². The molecule has 0 radical (unpaired) electrons. The Kier molecular flexibility index (Phi) is 42.8. The number of nitrogens with zero attached hydrogens (tertiary/aromatic N) is 3. The number of carbonyl (C=O) groups excluding carboxylic acids is 16. The fourth-order valence-corrected chi connectivity index (χ4v) is 12.2. The molecule has 2 atom stereocenters. The van der Waals surface area contributed by atoms with E-state index in [0.29, 0.717) is 113 Å². The van der Waals surface area contributed by atoms with Crippen LogP contribution in [0, 0.1) is 5.92 Å². The lowest BCUT2D eigenvalue weighted by Crippen LogP contribution is -2.39. The molecule has 1 saturated heterocycles. The summed E-state index contributed by atoms with van der Waals surface area (Å²) in [5.74, 6) is -8.36. The van der Waals surface area contributed by atoms with Gasteiger partial charge < -0.3 is 57.6 Å². The summed E-state index contributed by atoms with van der Waals surface area (Å²) in [5.41, 5.74) is 4.97. The highest BCUT2D eigenvalue weighted by atomic mass is 16.7. The molecule has 115 heavy (non-hydrogen) atoms. The predicted octanol–water partition coefficient (Wildman–Crippen LogP) is 6.93. The first-order valence-corrected chi connectivity index (χ1v) is 39.2. The van der Waals surface area contributed by atoms with Crippen LogP contribution in [0.4, 0.5) is 0 Å². The summed E-state index contributed by atoms with van der Waals surface area (Å²) in [6, 6.07) is 19.7. The Morgan fingerprint density at radius 3 is 1.26 bits per heavy atom. The molecule has 0 spiro atoms. The molecule has 1 aliphatic heterocycles. The summed E-state index contributed by atoms with van der Waals surface area (Å²) in [4.78, 5) is 235. The number of imide groups is 1. The normalized spacial score (nSPS) is 12.1. The number of allylic oxidation sites excluding steroid dienone is 1. The van der Waals surface area contributed by atoms with E-state index in [1.165, 1.54) is 31.5 Å². The zero-order valence-corrected chi connectivity index (χ0v) is 65.3. The standard InChI is InChI=1S/C83H107N11O21/c1-55(12-7-14-64(96)15-8-16-65(97)17-9-18-66(98)19-10-20-67(99)21-11-23-71(100)68(93-56(2)95)22-4-6-45-84-72(101)37-26-57-24-27-58(28-25-57)62-33-35-69(82(111)112)91-53-62)52-61(13-3-5-46-89-80(109)60-31-29-59(30-32-60)63-34-36-70(83(113)114)92-54-63)81(110)90-50-43-76(105)87-48-41-74(103)85-47-40-73(102)86-49-42-75(104)88-51-44-79(108)115-94-77(106)38-39-78(94)107/h24-25,27-36,53-54,61,68H,1,3-23,26,37-52H2,2H3,(H,84,101)(H,85,103)(H,86,102)(H,87,105)(H,88,104)(H,89,109)(H,90,110)(H,93,95)(H,111,112)(H,113,114).